The zero-order chi connectivity index (χ0) is 15.4. The number of benzene rings is 1. The Bertz CT molecular complexity index is 550. The number of hydrogen-bond acceptors (Lipinski definition) is 3. The minimum atomic E-state index is -1.30. The highest BCUT2D eigenvalue weighted by atomic mass is 19.1. The molecule has 0 spiro atoms. The third kappa shape index (κ3) is 3.69. The number of amides is 2. The van der Waals surface area contributed by atoms with Gasteiger partial charge in [0.15, 0.2) is 0 Å². The molecule has 114 valence electrons. The van der Waals surface area contributed by atoms with Gasteiger partial charge in [-0.2, -0.15) is 0 Å². The fraction of sp³-hybridized carbons (Fsp3) is 0.429. The summed E-state index contributed by atoms with van der Waals surface area (Å²) in [5, 5.41) is 14.0. The first kappa shape index (κ1) is 15.2. The summed E-state index contributed by atoms with van der Waals surface area (Å²) in [7, 11) is 1.62. The van der Waals surface area contributed by atoms with E-state index in [2.05, 4.69) is 10.6 Å². The van der Waals surface area contributed by atoms with E-state index in [1.807, 2.05) is 0 Å². The molecule has 2 rings (SSSR count). The summed E-state index contributed by atoms with van der Waals surface area (Å²) in [6, 6.07) is 2.93. The van der Waals surface area contributed by atoms with Gasteiger partial charge in [0.2, 0.25) is 0 Å². The number of urea groups is 1. The lowest BCUT2D eigenvalue weighted by Crippen LogP contribution is -2.37. The molecule has 1 aliphatic carbocycles. The maximum absolute atomic E-state index is 13.7. The second kappa shape index (κ2) is 6.53. The van der Waals surface area contributed by atoms with Crippen molar-refractivity contribution in [1.29, 1.82) is 0 Å². The first-order valence-electron chi connectivity index (χ1n) is 6.63. The maximum atomic E-state index is 13.7. The number of aromatic carboxylic acids is 1. The highest BCUT2D eigenvalue weighted by Crippen LogP contribution is 2.23. The Labute approximate surface area is 121 Å². The third-order valence-electron chi connectivity index (χ3n) is 3.54. The van der Waals surface area contributed by atoms with Gasteiger partial charge in [-0.25, -0.2) is 14.0 Å². The van der Waals surface area contributed by atoms with Gasteiger partial charge in [-0.15, -0.1) is 0 Å². The number of nitrogens with one attached hydrogen (secondary N) is 2. The van der Waals surface area contributed by atoms with Crippen molar-refractivity contribution in [3.05, 3.63) is 29.6 Å². The number of carbonyl (C=O) groups is 2. The molecule has 6 nitrogen and oxygen atoms in total. The van der Waals surface area contributed by atoms with Gasteiger partial charge in [-0.1, -0.05) is 6.07 Å². The van der Waals surface area contributed by atoms with Crippen LogP contribution in [0.5, 0.6) is 0 Å². The Morgan fingerprint density at radius 2 is 2.14 bits per heavy atom. The first-order chi connectivity index (χ1) is 10.0. The number of anilines is 1. The molecule has 0 aromatic heterocycles. The van der Waals surface area contributed by atoms with Crippen LogP contribution >= 0.6 is 0 Å². The van der Waals surface area contributed by atoms with Gasteiger partial charge in [0, 0.05) is 13.2 Å². The molecule has 1 aliphatic rings. The number of halogens is 1. The lowest BCUT2D eigenvalue weighted by Gasteiger charge is -2.15. The van der Waals surface area contributed by atoms with Crippen LogP contribution in [-0.4, -0.2) is 36.4 Å². The number of carboxylic acid groups (broad SMARTS) is 1. The number of para-hydroxylation sites is 1. The Hall–Kier alpha value is -2.15. The van der Waals surface area contributed by atoms with Crippen LogP contribution in [-0.2, 0) is 4.74 Å². The Kier molecular flexibility index (Phi) is 4.74. The van der Waals surface area contributed by atoms with Crippen LogP contribution in [0.15, 0.2) is 18.2 Å². The van der Waals surface area contributed by atoms with E-state index in [4.69, 9.17) is 9.84 Å². The zero-order valence-corrected chi connectivity index (χ0v) is 11.6. The molecule has 2 unspecified atom stereocenters. The minimum Gasteiger partial charge on any atom is -0.478 e. The summed E-state index contributed by atoms with van der Waals surface area (Å²) in [6.45, 7) is 0. The molecule has 7 heteroatoms. The smallest absolute Gasteiger partial charge is 0.337 e. The van der Waals surface area contributed by atoms with Crippen molar-refractivity contribution in [3.63, 3.8) is 0 Å². The summed E-state index contributed by atoms with van der Waals surface area (Å²) < 4.78 is 18.9. The standard InChI is InChI=1S/C14H17FN2O4/c1-21-9-6-5-8(7-9)16-14(20)17-12-10(13(18)19)3-2-4-11(12)15/h2-4,8-9H,5-7H2,1H3,(H,18,19)(H2,16,17,20). The average molecular weight is 296 g/mol. The normalized spacial score (nSPS) is 21.0. The van der Waals surface area contributed by atoms with Crippen molar-refractivity contribution < 1.29 is 23.8 Å². The van der Waals surface area contributed by atoms with Gasteiger partial charge in [-0.05, 0) is 31.4 Å². The van der Waals surface area contributed by atoms with E-state index in [0.717, 1.165) is 18.9 Å². The molecule has 1 aromatic carbocycles. The van der Waals surface area contributed by atoms with E-state index in [-0.39, 0.29) is 23.4 Å². The largest absolute Gasteiger partial charge is 0.478 e. The SMILES string of the molecule is COC1CCC(NC(=O)Nc2c(F)cccc2C(=O)O)C1. The predicted octanol–water partition coefficient (Wildman–Crippen LogP) is 2.21. The lowest BCUT2D eigenvalue weighted by atomic mass is 10.1. The molecule has 3 N–H and O–H groups in total. The average Bonchev–Trinajstić information content (AvgIpc) is 2.88. The number of carboxylic acids is 1. The van der Waals surface area contributed by atoms with Crippen molar-refractivity contribution in [2.75, 3.05) is 12.4 Å². The van der Waals surface area contributed by atoms with E-state index in [0.29, 0.717) is 6.42 Å². The van der Waals surface area contributed by atoms with Crippen LogP contribution in [0.3, 0.4) is 0 Å². The lowest BCUT2D eigenvalue weighted by molar-refractivity contribution is 0.0697. The van der Waals surface area contributed by atoms with Crippen LogP contribution in [0.1, 0.15) is 29.6 Å². The summed E-state index contributed by atoms with van der Waals surface area (Å²) >= 11 is 0. The summed E-state index contributed by atoms with van der Waals surface area (Å²) in [4.78, 5) is 22.9. The quantitative estimate of drug-likeness (QED) is 0.795. The number of hydrogen-bond donors (Lipinski definition) is 3. The van der Waals surface area contributed by atoms with Crippen molar-refractivity contribution in [2.24, 2.45) is 0 Å². The highest BCUT2D eigenvalue weighted by Gasteiger charge is 2.26. The Morgan fingerprint density at radius 3 is 2.76 bits per heavy atom. The minimum absolute atomic E-state index is 0.0602. The first-order valence-corrected chi connectivity index (χ1v) is 6.63. The molecule has 2 amide bonds. The van der Waals surface area contributed by atoms with E-state index >= 15 is 0 Å². The second-order valence-electron chi connectivity index (χ2n) is 4.93. The number of ether oxygens (including phenoxy) is 1. The summed E-state index contributed by atoms with van der Waals surface area (Å²) in [6.07, 6.45) is 2.42. The van der Waals surface area contributed by atoms with Crippen molar-refractivity contribution >= 4 is 17.7 Å². The molecule has 0 aliphatic heterocycles. The van der Waals surface area contributed by atoms with Crippen LogP contribution in [0.2, 0.25) is 0 Å². The van der Waals surface area contributed by atoms with Gasteiger partial charge in [0.25, 0.3) is 0 Å². The molecule has 0 saturated heterocycles. The van der Waals surface area contributed by atoms with E-state index in [1.165, 1.54) is 12.1 Å². The van der Waals surface area contributed by atoms with Gasteiger partial charge >= 0.3 is 12.0 Å². The molecule has 0 heterocycles. The number of rotatable bonds is 4. The molecular weight excluding hydrogens is 279 g/mol. The van der Waals surface area contributed by atoms with Crippen molar-refractivity contribution in [3.8, 4) is 0 Å². The van der Waals surface area contributed by atoms with E-state index < -0.39 is 17.8 Å². The van der Waals surface area contributed by atoms with Gasteiger partial charge in [-0.3, -0.25) is 0 Å². The van der Waals surface area contributed by atoms with Crippen LogP contribution in [0.25, 0.3) is 0 Å². The molecule has 1 fully saturated rings. The van der Waals surface area contributed by atoms with Gasteiger partial charge in [0.1, 0.15) is 5.82 Å². The van der Waals surface area contributed by atoms with Crippen molar-refractivity contribution in [2.45, 2.75) is 31.4 Å². The summed E-state index contributed by atoms with van der Waals surface area (Å²) in [5.41, 5.74) is -0.616. The molecule has 2 atom stereocenters. The van der Waals surface area contributed by atoms with Gasteiger partial charge in [0.05, 0.1) is 17.4 Å². The number of carbonyl (C=O) groups excluding carboxylic acids is 1. The van der Waals surface area contributed by atoms with Crippen molar-refractivity contribution in [1.82, 2.24) is 5.32 Å². The topological polar surface area (TPSA) is 87.7 Å². The fourth-order valence-corrected chi connectivity index (χ4v) is 2.45. The van der Waals surface area contributed by atoms with E-state index in [9.17, 15) is 14.0 Å². The van der Waals surface area contributed by atoms with Crippen LogP contribution in [0, 0.1) is 5.82 Å². The maximum Gasteiger partial charge on any atom is 0.337 e. The molecule has 0 radical (unpaired) electrons. The Morgan fingerprint density at radius 1 is 1.38 bits per heavy atom. The predicted molar refractivity (Wildman–Crippen MR) is 73.9 cm³/mol. The molecule has 21 heavy (non-hydrogen) atoms. The molecular formula is C14H17FN2O4. The van der Waals surface area contributed by atoms with Gasteiger partial charge < -0.3 is 20.5 Å². The van der Waals surface area contributed by atoms with Crippen LogP contribution in [0.4, 0.5) is 14.9 Å². The summed E-state index contributed by atoms with van der Waals surface area (Å²) in [5.74, 6) is -2.09. The Balaban J connectivity index is 2.02. The molecule has 1 aromatic rings. The molecule has 0 bridgehead atoms. The fourth-order valence-electron chi connectivity index (χ4n) is 2.45. The van der Waals surface area contributed by atoms with Crippen LogP contribution < -0.4 is 10.6 Å². The second-order valence-corrected chi connectivity index (χ2v) is 4.93. The number of methoxy groups -OCH3 is 1. The van der Waals surface area contributed by atoms with E-state index in [1.54, 1.807) is 7.11 Å². The zero-order valence-electron chi connectivity index (χ0n) is 11.6. The monoisotopic (exact) mass is 296 g/mol. The molecule has 1 saturated carbocycles. The highest BCUT2D eigenvalue weighted by molar-refractivity contribution is 6.00. The third-order valence-corrected chi connectivity index (χ3v) is 3.54.